The van der Waals surface area contributed by atoms with Gasteiger partial charge in [-0.25, -0.2) is 13.2 Å². The third-order valence-corrected chi connectivity index (χ3v) is 12.1. The lowest BCUT2D eigenvalue weighted by Crippen LogP contribution is -2.51. The Kier molecular flexibility index (Phi) is 9.06. The van der Waals surface area contributed by atoms with Crippen LogP contribution in [0.15, 0.2) is 11.6 Å². The number of ether oxygens (including phenoxy) is 2. The Bertz CT molecular complexity index is 1200. The number of hydrogen-bond donors (Lipinski definition) is 0. The van der Waals surface area contributed by atoms with Gasteiger partial charge in [0.25, 0.3) is 0 Å². The molecule has 0 aromatic heterocycles. The maximum Gasteiger partial charge on any atom is 0.358 e. The molecular formula is C34H45F5O2S. The van der Waals surface area contributed by atoms with Crippen molar-refractivity contribution in [3.63, 3.8) is 0 Å². The van der Waals surface area contributed by atoms with Crippen LogP contribution in [0.1, 0.15) is 105 Å². The Balaban J connectivity index is 1.24. The van der Waals surface area contributed by atoms with Crippen molar-refractivity contribution in [3.8, 4) is 5.75 Å². The Morgan fingerprint density at radius 3 is 2.21 bits per heavy atom. The molecule has 2 nitrogen and oxygen atoms in total. The molecular weight excluding hydrogens is 567 g/mol. The Morgan fingerprint density at radius 1 is 0.881 bits per heavy atom. The molecule has 4 aliphatic rings. The van der Waals surface area contributed by atoms with Crippen LogP contribution in [0.5, 0.6) is 5.75 Å². The molecule has 0 radical (unpaired) electrons. The van der Waals surface area contributed by atoms with E-state index < -0.39 is 40.1 Å². The summed E-state index contributed by atoms with van der Waals surface area (Å²) in [4.78, 5) is 0. The third kappa shape index (κ3) is 5.51. The molecule has 0 bridgehead atoms. The number of thiocarbonyl (C=S) groups is 1. The summed E-state index contributed by atoms with van der Waals surface area (Å²) in [7, 11) is 0. The molecule has 0 heterocycles. The molecule has 3 saturated carbocycles. The van der Waals surface area contributed by atoms with E-state index in [0.717, 1.165) is 36.5 Å². The minimum Gasteiger partial charge on any atom is -0.453 e. The Morgan fingerprint density at radius 2 is 1.55 bits per heavy atom. The van der Waals surface area contributed by atoms with Crippen LogP contribution in [0.3, 0.4) is 0 Å². The van der Waals surface area contributed by atoms with Gasteiger partial charge < -0.3 is 9.47 Å². The molecule has 0 spiro atoms. The van der Waals surface area contributed by atoms with Crippen LogP contribution >= 0.6 is 12.2 Å². The van der Waals surface area contributed by atoms with Crippen LogP contribution in [0.25, 0.3) is 0 Å². The minimum atomic E-state index is -2.24. The van der Waals surface area contributed by atoms with E-state index in [1.165, 1.54) is 50.5 Å². The first-order chi connectivity index (χ1) is 19.8. The van der Waals surface area contributed by atoms with E-state index in [0.29, 0.717) is 30.1 Å². The smallest absolute Gasteiger partial charge is 0.358 e. The molecule has 234 valence electrons. The van der Waals surface area contributed by atoms with Gasteiger partial charge in [0, 0.05) is 18.6 Å². The zero-order valence-electron chi connectivity index (χ0n) is 25.5. The summed E-state index contributed by atoms with van der Waals surface area (Å²) in [6.07, 6.45) is 14.4. The van der Waals surface area contributed by atoms with Crippen molar-refractivity contribution in [1.82, 2.24) is 0 Å². The number of rotatable bonds is 7. The van der Waals surface area contributed by atoms with Crippen LogP contribution in [-0.4, -0.2) is 11.3 Å². The largest absolute Gasteiger partial charge is 0.453 e. The first-order valence-corrected chi connectivity index (χ1v) is 16.3. The highest BCUT2D eigenvalue weighted by Crippen LogP contribution is 2.67. The van der Waals surface area contributed by atoms with Crippen LogP contribution in [0.2, 0.25) is 0 Å². The topological polar surface area (TPSA) is 18.5 Å². The molecule has 42 heavy (non-hydrogen) atoms. The second-order valence-electron chi connectivity index (χ2n) is 14.5. The number of halogens is 5. The normalized spacial score (nSPS) is 34.7. The number of hydrogen-bond acceptors (Lipinski definition) is 3. The molecule has 0 saturated heterocycles. The number of fused-ring (bicyclic) bond motifs is 5. The van der Waals surface area contributed by atoms with E-state index in [-0.39, 0.29) is 11.5 Å². The van der Waals surface area contributed by atoms with Crippen molar-refractivity contribution in [2.75, 3.05) is 0 Å². The van der Waals surface area contributed by atoms with Crippen molar-refractivity contribution in [1.29, 1.82) is 0 Å². The number of allylic oxidation sites excluding steroid dienone is 1. The summed E-state index contributed by atoms with van der Waals surface area (Å²) < 4.78 is 79.3. The highest BCUT2D eigenvalue weighted by atomic mass is 32.1. The lowest BCUT2D eigenvalue weighted by molar-refractivity contribution is -0.0571. The van der Waals surface area contributed by atoms with Crippen molar-refractivity contribution in [3.05, 3.63) is 40.7 Å². The SMILES string of the molecule is CC(C)CCC[C@@H](C)[C@H]1CC[C@H]2[C@@H]3CC=C4C[C@@H](OC(=S)Oc5c(F)c(F)c(F)c(F)c5F)CC[C@]4(C)[C@H]3CC[C@]12C. The molecule has 0 unspecified atom stereocenters. The maximum atomic E-state index is 14.1. The first kappa shape index (κ1) is 31.7. The monoisotopic (exact) mass is 612 g/mol. The second-order valence-corrected chi connectivity index (χ2v) is 14.9. The van der Waals surface area contributed by atoms with Gasteiger partial charge in [-0.1, -0.05) is 65.5 Å². The van der Waals surface area contributed by atoms with Gasteiger partial charge in [0.05, 0.1) is 0 Å². The summed E-state index contributed by atoms with van der Waals surface area (Å²) in [6.45, 7) is 12.1. The number of benzene rings is 1. The molecule has 3 fully saturated rings. The maximum absolute atomic E-state index is 14.1. The van der Waals surface area contributed by atoms with E-state index in [1.54, 1.807) is 0 Å². The molecule has 1 aromatic carbocycles. The summed E-state index contributed by atoms with van der Waals surface area (Å²) in [5.41, 5.74) is 1.81. The molecule has 8 heteroatoms. The van der Waals surface area contributed by atoms with E-state index in [9.17, 15) is 22.0 Å². The minimum absolute atomic E-state index is 0.0645. The van der Waals surface area contributed by atoms with Crippen LogP contribution < -0.4 is 4.74 Å². The van der Waals surface area contributed by atoms with Crippen molar-refractivity contribution in [2.45, 2.75) is 111 Å². The molecule has 5 rings (SSSR count). The second kappa shape index (κ2) is 12.0. The first-order valence-electron chi connectivity index (χ1n) is 15.9. The fraction of sp³-hybridized carbons (Fsp3) is 0.735. The lowest BCUT2D eigenvalue weighted by Gasteiger charge is -2.58. The van der Waals surface area contributed by atoms with Gasteiger partial charge in [0.1, 0.15) is 6.10 Å². The van der Waals surface area contributed by atoms with Gasteiger partial charge in [-0.15, -0.1) is 0 Å². The van der Waals surface area contributed by atoms with Crippen molar-refractivity contribution < 1.29 is 31.4 Å². The van der Waals surface area contributed by atoms with Crippen molar-refractivity contribution >= 4 is 17.5 Å². The average molecular weight is 613 g/mol. The molecule has 8 atom stereocenters. The fourth-order valence-electron chi connectivity index (χ4n) is 9.67. The van der Waals surface area contributed by atoms with Gasteiger partial charge in [-0.05, 0) is 91.3 Å². The predicted octanol–water partition coefficient (Wildman–Crippen LogP) is 10.5. The molecule has 1 aromatic rings. The van der Waals surface area contributed by atoms with Crippen molar-refractivity contribution in [2.24, 2.45) is 46.3 Å². The molecule has 0 aliphatic heterocycles. The Hall–Kier alpha value is -1.70. The van der Waals surface area contributed by atoms with E-state index in [4.69, 9.17) is 21.7 Å². The molecule has 4 aliphatic carbocycles. The summed E-state index contributed by atoms with van der Waals surface area (Å²) in [6, 6.07) is 0. The summed E-state index contributed by atoms with van der Waals surface area (Å²) in [5.74, 6) is -7.61. The van der Waals surface area contributed by atoms with Crippen LogP contribution in [-0.2, 0) is 4.74 Å². The molecule has 0 N–H and O–H groups in total. The van der Waals surface area contributed by atoms with E-state index >= 15 is 0 Å². The summed E-state index contributed by atoms with van der Waals surface area (Å²) >= 11 is 5.02. The zero-order chi connectivity index (χ0) is 30.6. The molecule has 0 amide bonds. The van der Waals surface area contributed by atoms with Gasteiger partial charge in [0.2, 0.25) is 34.8 Å². The van der Waals surface area contributed by atoms with Crippen LogP contribution in [0, 0.1) is 75.4 Å². The van der Waals surface area contributed by atoms with Crippen LogP contribution in [0.4, 0.5) is 22.0 Å². The Labute approximate surface area is 252 Å². The highest BCUT2D eigenvalue weighted by molar-refractivity contribution is 7.79. The van der Waals surface area contributed by atoms with Gasteiger partial charge >= 0.3 is 5.24 Å². The van der Waals surface area contributed by atoms with Gasteiger partial charge in [-0.3, -0.25) is 0 Å². The van der Waals surface area contributed by atoms with Gasteiger partial charge in [0.15, 0.2) is 0 Å². The predicted molar refractivity (Wildman–Crippen MR) is 157 cm³/mol. The standard InChI is InChI=1S/C34H45F5O2S/c1-18(2)7-6-8-19(3)23-11-12-24-22-10-9-20-17-21(13-15-33(20,4)25(22)14-16-34(23,24)5)40-32(42)41-31-29(38)27(36)26(35)28(37)30(31)39/h9,18-19,21-25H,6-8,10-17H2,1-5H3/t19-,21+,22+,23-,24+,25+,33+,34-/m1/s1. The third-order valence-electron chi connectivity index (χ3n) is 11.9. The quantitative estimate of drug-likeness (QED) is 0.100. The lowest BCUT2D eigenvalue weighted by atomic mass is 9.47. The van der Waals surface area contributed by atoms with E-state index in [2.05, 4.69) is 40.7 Å². The zero-order valence-corrected chi connectivity index (χ0v) is 26.3. The van der Waals surface area contributed by atoms with E-state index in [1.807, 2.05) is 0 Å². The summed E-state index contributed by atoms with van der Waals surface area (Å²) in [5, 5.41) is -0.644. The van der Waals surface area contributed by atoms with Gasteiger partial charge in [-0.2, -0.15) is 8.78 Å². The highest BCUT2D eigenvalue weighted by Gasteiger charge is 2.59. The fourth-order valence-corrected chi connectivity index (χ4v) is 9.89. The average Bonchev–Trinajstić information content (AvgIpc) is 3.30.